The standard InChI is InChI=1S/C8H10N4O3S/c9-6(16)4-11-8(14)7(13)10-3-5-1-2-15-12-5/h1-2H,3-4H2,(H2,9,16)(H,10,13)(H,11,14). The quantitative estimate of drug-likeness (QED) is 0.447. The number of carbonyl (C=O) groups excluding carboxylic acids is 2. The van der Waals surface area contributed by atoms with Crippen LogP contribution in [0.15, 0.2) is 16.9 Å². The summed E-state index contributed by atoms with van der Waals surface area (Å²) >= 11 is 4.54. The van der Waals surface area contributed by atoms with Gasteiger partial charge in [0.15, 0.2) is 0 Å². The number of thiocarbonyl (C=S) groups is 1. The van der Waals surface area contributed by atoms with Crippen molar-refractivity contribution < 1.29 is 14.1 Å². The maximum Gasteiger partial charge on any atom is 0.309 e. The van der Waals surface area contributed by atoms with Crippen LogP contribution in [0.5, 0.6) is 0 Å². The normalized spacial score (nSPS) is 9.50. The number of rotatable bonds is 4. The third-order valence-corrected chi connectivity index (χ3v) is 1.70. The van der Waals surface area contributed by atoms with E-state index in [-0.39, 0.29) is 18.1 Å². The van der Waals surface area contributed by atoms with E-state index in [0.717, 1.165) is 0 Å². The van der Waals surface area contributed by atoms with E-state index in [1.165, 1.54) is 6.26 Å². The molecule has 0 bridgehead atoms. The van der Waals surface area contributed by atoms with Crippen LogP contribution in [0, 0.1) is 0 Å². The molecule has 0 aliphatic heterocycles. The SMILES string of the molecule is NC(=S)CNC(=O)C(=O)NCc1ccon1. The minimum absolute atomic E-state index is 0.00839. The van der Waals surface area contributed by atoms with Crippen LogP contribution in [-0.2, 0) is 16.1 Å². The minimum Gasteiger partial charge on any atom is -0.392 e. The Hall–Kier alpha value is -1.96. The second kappa shape index (κ2) is 5.81. The molecule has 2 amide bonds. The molecule has 0 aliphatic rings. The molecule has 0 spiro atoms. The Bertz CT molecular complexity index is 390. The van der Waals surface area contributed by atoms with Gasteiger partial charge in [-0.05, 0) is 0 Å². The molecule has 4 N–H and O–H groups in total. The first-order chi connectivity index (χ1) is 7.59. The summed E-state index contributed by atoms with van der Waals surface area (Å²) in [5, 5.41) is 8.16. The van der Waals surface area contributed by atoms with Gasteiger partial charge in [0.1, 0.15) is 12.0 Å². The molecule has 1 aromatic heterocycles. The lowest BCUT2D eigenvalue weighted by atomic mass is 10.4. The molecule has 0 saturated carbocycles. The Balaban J connectivity index is 2.29. The van der Waals surface area contributed by atoms with E-state index in [2.05, 4.69) is 32.5 Å². The third kappa shape index (κ3) is 4.05. The fourth-order valence-electron chi connectivity index (χ4n) is 0.828. The first-order valence-corrected chi connectivity index (χ1v) is 4.74. The lowest BCUT2D eigenvalue weighted by molar-refractivity contribution is -0.139. The van der Waals surface area contributed by atoms with E-state index in [0.29, 0.717) is 5.69 Å². The summed E-state index contributed by atoms with van der Waals surface area (Å²) in [6.07, 6.45) is 1.37. The van der Waals surface area contributed by atoms with Crippen LogP contribution in [0.1, 0.15) is 5.69 Å². The largest absolute Gasteiger partial charge is 0.392 e. The topological polar surface area (TPSA) is 110 Å². The molecule has 86 valence electrons. The number of amides is 2. The first-order valence-electron chi connectivity index (χ1n) is 4.33. The van der Waals surface area contributed by atoms with Crippen LogP contribution < -0.4 is 16.4 Å². The Morgan fingerprint density at radius 1 is 1.44 bits per heavy atom. The van der Waals surface area contributed by atoms with Crippen LogP contribution in [0.25, 0.3) is 0 Å². The summed E-state index contributed by atoms with van der Waals surface area (Å²) in [6, 6.07) is 1.58. The van der Waals surface area contributed by atoms with E-state index < -0.39 is 11.8 Å². The number of nitrogens with one attached hydrogen (secondary N) is 2. The van der Waals surface area contributed by atoms with Crippen molar-refractivity contribution in [3.63, 3.8) is 0 Å². The lowest BCUT2D eigenvalue weighted by Gasteiger charge is -2.03. The molecule has 0 aromatic carbocycles. The van der Waals surface area contributed by atoms with Gasteiger partial charge in [-0.1, -0.05) is 17.4 Å². The predicted octanol–water partition coefficient (Wildman–Crippen LogP) is -1.31. The zero-order valence-corrected chi connectivity index (χ0v) is 9.04. The molecule has 16 heavy (non-hydrogen) atoms. The smallest absolute Gasteiger partial charge is 0.309 e. The first kappa shape index (κ1) is 12.1. The van der Waals surface area contributed by atoms with E-state index in [4.69, 9.17) is 5.73 Å². The molecule has 7 nitrogen and oxygen atoms in total. The average molecular weight is 242 g/mol. The summed E-state index contributed by atoms with van der Waals surface area (Å²) < 4.78 is 4.55. The summed E-state index contributed by atoms with van der Waals surface area (Å²) in [4.78, 5) is 22.4. The maximum absolute atomic E-state index is 11.2. The highest BCUT2D eigenvalue weighted by Crippen LogP contribution is 1.92. The van der Waals surface area contributed by atoms with Crippen molar-refractivity contribution in [3.05, 3.63) is 18.0 Å². The Morgan fingerprint density at radius 2 is 2.12 bits per heavy atom. The zero-order valence-electron chi connectivity index (χ0n) is 8.23. The summed E-state index contributed by atoms with van der Waals surface area (Å²) in [5.41, 5.74) is 5.68. The molecule has 0 fully saturated rings. The number of hydrogen-bond acceptors (Lipinski definition) is 5. The molecule has 0 unspecified atom stereocenters. The van der Waals surface area contributed by atoms with Gasteiger partial charge in [0.05, 0.1) is 18.1 Å². The van der Waals surface area contributed by atoms with E-state index in [1.807, 2.05) is 0 Å². The van der Waals surface area contributed by atoms with Gasteiger partial charge >= 0.3 is 11.8 Å². The summed E-state index contributed by atoms with van der Waals surface area (Å²) in [6.45, 7) is 0.112. The van der Waals surface area contributed by atoms with Crippen molar-refractivity contribution in [2.75, 3.05) is 6.54 Å². The van der Waals surface area contributed by atoms with Gasteiger partial charge < -0.3 is 20.9 Å². The van der Waals surface area contributed by atoms with Gasteiger partial charge in [-0.15, -0.1) is 0 Å². The highest BCUT2D eigenvalue weighted by atomic mass is 32.1. The highest BCUT2D eigenvalue weighted by molar-refractivity contribution is 7.80. The van der Waals surface area contributed by atoms with E-state index in [1.54, 1.807) is 6.07 Å². The second-order valence-electron chi connectivity index (χ2n) is 2.82. The van der Waals surface area contributed by atoms with Crippen LogP contribution in [0.3, 0.4) is 0 Å². The van der Waals surface area contributed by atoms with Gasteiger partial charge in [-0.25, -0.2) is 0 Å². The molecule has 0 atom stereocenters. The highest BCUT2D eigenvalue weighted by Gasteiger charge is 2.12. The zero-order chi connectivity index (χ0) is 12.0. The van der Waals surface area contributed by atoms with Crippen LogP contribution >= 0.6 is 12.2 Å². The van der Waals surface area contributed by atoms with E-state index in [9.17, 15) is 9.59 Å². The van der Waals surface area contributed by atoms with Crippen molar-refractivity contribution in [2.24, 2.45) is 5.73 Å². The lowest BCUT2D eigenvalue weighted by Crippen LogP contribution is -2.42. The number of hydrogen-bond donors (Lipinski definition) is 3. The maximum atomic E-state index is 11.2. The average Bonchev–Trinajstić information content (AvgIpc) is 2.75. The summed E-state index contributed by atoms with van der Waals surface area (Å²) in [7, 11) is 0. The second-order valence-corrected chi connectivity index (χ2v) is 3.35. The predicted molar refractivity (Wildman–Crippen MR) is 58.1 cm³/mol. The molecule has 1 rings (SSSR count). The van der Waals surface area contributed by atoms with Crippen molar-refractivity contribution in [3.8, 4) is 0 Å². The Morgan fingerprint density at radius 3 is 2.69 bits per heavy atom. The molecule has 1 heterocycles. The van der Waals surface area contributed by atoms with Gasteiger partial charge in [0, 0.05) is 6.07 Å². The van der Waals surface area contributed by atoms with Crippen molar-refractivity contribution >= 4 is 29.0 Å². The molecule has 1 aromatic rings. The van der Waals surface area contributed by atoms with Crippen molar-refractivity contribution in [2.45, 2.75) is 6.54 Å². The fourth-order valence-corrected chi connectivity index (χ4v) is 0.900. The summed E-state index contributed by atoms with van der Waals surface area (Å²) in [5.74, 6) is -1.57. The number of carbonyl (C=O) groups is 2. The monoisotopic (exact) mass is 242 g/mol. The molecule has 8 heteroatoms. The van der Waals surface area contributed by atoms with Crippen LogP contribution in [0.2, 0.25) is 0 Å². The molecule has 0 aliphatic carbocycles. The molecule has 0 radical (unpaired) electrons. The van der Waals surface area contributed by atoms with Crippen molar-refractivity contribution in [1.29, 1.82) is 0 Å². The van der Waals surface area contributed by atoms with Crippen LogP contribution in [-0.4, -0.2) is 28.5 Å². The number of aromatic nitrogens is 1. The molecular formula is C8H10N4O3S. The fraction of sp³-hybridized carbons (Fsp3) is 0.250. The van der Waals surface area contributed by atoms with Crippen molar-refractivity contribution in [1.82, 2.24) is 15.8 Å². The Labute approximate surface area is 96.3 Å². The number of nitrogens with two attached hydrogens (primary N) is 1. The minimum atomic E-state index is -0.795. The van der Waals surface area contributed by atoms with Gasteiger partial charge in [0.2, 0.25) is 0 Å². The van der Waals surface area contributed by atoms with Gasteiger partial charge in [-0.2, -0.15) is 0 Å². The Kier molecular flexibility index (Phi) is 4.40. The molecular weight excluding hydrogens is 232 g/mol. The molecule has 0 saturated heterocycles. The van der Waals surface area contributed by atoms with E-state index >= 15 is 0 Å². The number of nitrogens with zero attached hydrogens (tertiary/aromatic N) is 1. The third-order valence-electron chi connectivity index (χ3n) is 1.55. The van der Waals surface area contributed by atoms with Gasteiger partial charge in [-0.3, -0.25) is 9.59 Å². The van der Waals surface area contributed by atoms with Gasteiger partial charge in [0.25, 0.3) is 0 Å². The van der Waals surface area contributed by atoms with Crippen LogP contribution in [0.4, 0.5) is 0 Å².